The number of benzene rings is 4. The van der Waals surface area contributed by atoms with Gasteiger partial charge < -0.3 is 48.9 Å². The smallest absolute Gasteiger partial charge is 0.489 e. The third-order valence-corrected chi connectivity index (χ3v) is 14.0. The number of hydrogen-bond donors (Lipinski definition) is 0. The van der Waals surface area contributed by atoms with Gasteiger partial charge in [0, 0.05) is 44.5 Å². The summed E-state index contributed by atoms with van der Waals surface area (Å²) in [6, 6.07) is 24.0. The van der Waals surface area contributed by atoms with E-state index in [0.717, 1.165) is 43.8 Å². The Bertz CT molecular complexity index is 3270. The van der Waals surface area contributed by atoms with Crippen molar-refractivity contribution in [2.75, 3.05) is 0 Å². The molecule has 4 aromatic carbocycles. The van der Waals surface area contributed by atoms with Crippen LogP contribution in [0, 0.1) is 47.3 Å². The van der Waals surface area contributed by atoms with E-state index in [-0.39, 0.29) is 91.2 Å². The Morgan fingerprint density at radius 2 is 0.589 bits per heavy atom. The predicted octanol–water partition coefficient (Wildman–Crippen LogP) is 14.4. The average molecular weight is 1030 g/mol. The van der Waals surface area contributed by atoms with Gasteiger partial charge in [0.2, 0.25) is 0 Å². The van der Waals surface area contributed by atoms with Crippen LogP contribution in [-0.4, -0.2) is 54.3 Å². The van der Waals surface area contributed by atoms with Crippen molar-refractivity contribution in [1.82, 2.24) is 39.9 Å². The van der Waals surface area contributed by atoms with Crippen molar-refractivity contribution in [2.45, 2.75) is 135 Å². The Labute approximate surface area is 444 Å². The maximum Gasteiger partial charge on any atom is 2.00 e. The second kappa shape index (κ2) is 21.5. The van der Waals surface area contributed by atoms with Crippen LogP contribution in [0.1, 0.15) is 111 Å². The van der Waals surface area contributed by atoms with Crippen LogP contribution in [-0.2, 0) is 19.5 Å². The zero-order valence-corrected chi connectivity index (χ0v) is 48.7. The van der Waals surface area contributed by atoms with Crippen molar-refractivity contribution in [3.63, 3.8) is 0 Å². The first-order valence-electron chi connectivity index (χ1n) is 26.2. The van der Waals surface area contributed by atoms with Crippen LogP contribution >= 0.6 is 0 Å². The van der Waals surface area contributed by atoms with Crippen LogP contribution in [0.25, 0.3) is 89.7 Å². The standard InChI is InChI=1S/C60H72N8O4.Zn/c1-29(2)49(30(3)4)69-41-25-17-21-37-45(41)57-62-53(37)61-54-38-22-18-26-42(70-50(31(5)6)32(7)8)46(38)58(63-54)65-56-40-24-20-28-44(72-52(35(13)14)36(15)16)48(40)60(67-56)68-59-47-39(55(64-57)66-59)23-19-27-43(47)71-51(33(9)10)34(11)12;/h17-36,49-52H,1-16H3;/q-2;+2. The Kier molecular flexibility index (Phi) is 15.7. The van der Waals surface area contributed by atoms with Crippen molar-refractivity contribution in [2.24, 2.45) is 47.3 Å². The van der Waals surface area contributed by atoms with Crippen LogP contribution in [0.3, 0.4) is 0 Å². The van der Waals surface area contributed by atoms with Crippen molar-refractivity contribution in [3.05, 3.63) is 72.8 Å². The molecule has 9 rings (SSSR count). The summed E-state index contributed by atoms with van der Waals surface area (Å²) in [7, 11) is 0. The van der Waals surface area contributed by atoms with Crippen LogP contribution in [0.5, 0.6) is 23.0 Å². The summed E-state index contributed by atoms with van der Waals surface area (Å²) in [5, 5.41) is 2.98. The van der Waals surface area contributed by atoms with E-state index in [1.165, 1.54) is 0 Å². The fraction of sp³-hybridized carbons (Fsp3) is 0.467. The number of hydrogen-bond acceptors (Lipinski definition) is 10. The van der Waals surface area contributed by atoms with E-state index in [1.54, 1.807) is 0 Å². The molecule has 0 aliphatic carbocycles. The fourth-order valence-electron chi connectivity index (χ4n) is 10.9. The molecule has 0 saturated carbocycles. The van der Waals surface area contributed by atoms with Crippen molar-refractivity contribution in [1.29, 1.82) is 0 Å². The minimum absolute atomic E-state index is 0. The first-order valence-corrected chi connectivity index (χ1v) is 26.2. The third kappa shape index (κ3) is 10.3. The summed E-state index contributed by atoms with van der Waals surface area (Å²) in [5.41, 5.74) is 4.68. The summed E-state index contributed by atoms with van der Waals surface area (Å²) < 4.78 is 28.0. The summed E-state index contributed by atoms with van der Waals surface area (Å²) in [5.74, 6) is 6.24. The molecule has 0 unspecified atom stereocenters. The third-order valence-electron chi connectivity index (χ3n) is 14.0. The molecule has 73 heavy (non-hydrogen) atoms. The van der Waals surface area contributed by atoms with Gasteiger partial charge >= 0.3 is 19.5 Å². The van der Waals surface area contributed by atoms with E-state index in [9.17, 15) is 0 Å². The van der Waals surface area contributed by atoms with Crippen molar-refractivity contribution < 1.29 is 38.4 Å². The number of aromatic nitrogens is 8. The summed E-state index contributed by atoms with van der Waals surface area (Å²) in [6.45, 7) is 35.0. The van der Waals surface area contributed by atoms with Gasteiger partial charge in [0.1, 0.15) is 47.4 Å². The molecule has 0 radical (unpaired) electrons. The van der Waals surface area contributed by atoms with Gasteiger partial charge in [-0.1, -0.05) is 159 Å². The fourth-order valence-corrected chi connectivity index (χ4v) is 10.9. The van der Waals surface area contributed by atoms with E-state index in [4.69, 9.17) is 58.8 Å². The zero-order chi connectivity index (χ0) is 51.4. The second-order valence-corrected chi connectivity index (χ2v) is 22.5. The molecule has 5 heterocycles. The Balaban J connectivity index is 0.00000711. The topological polar surface area (TPSA) is 142 Å². The van der Waals surface area contributed by atoms with E-state index < -0.39 is 0 Å². The first-order chi connectivity index (χ1) is 34.3. The number of rotatable bonds is 16. The van der Waals surface area contributed by atoms with Gasteiger partial charge in [-0.2, -0.15) is 0 Å². The Morgan fingerprint density at radius 1 is 0.315 bits per heavy atom. The van der Waals surface area contributed by atoms with E-state index in [1.807, 2.05) is 72.8 Å². The van der Waals surface area contributed by atoms with Crippen LogP contribution < -0.4 is 28.9 Å². The van der Waals surface area contributed by atoms with E-state index in [2.05, 4.69) is 111 Å². The Morgan fingerprint density at radius 3 is 0.932 bits per heavy atom. The zero-order valence-electron chi connectivity index (χ0n) is 45.8. The average Bonchev–Trinajstić information content (AvgIpc) is 4.06. The van der Waals surface area contributed by atoms with E-state index in [0.29, 0.717) is 68.9 Å². The van der Waals surface area contributed by atoms with Gasteiger partial charge in [0.15, 0.2) is 0 Å². The largest absolute Gasteiger partial charge is 2.00 e. The quantitative estimate of drug-likeness (QED) is 0.0850. The molecule has 12 nitrogen and oxygen atoms in total. The Hall–Kier alpha value is -5.94. The van der Waals surface area contributed by atoms with Crippen LogP contribution in [0.2, 0.25) is 0 Å². The van der Waals surface area contributed by atoms with Gasteiger partial charge in [0.05, 0.1) is 34.4 Å². The SMILES string of the molecule is CC(C)C(Oc1cccc2c1-c1nc-2nc2[n-]c(nc3nc(nc4[n-]c(n1)c1cccc(OC(C(C)C)C(C)C)c41)-c1c(OC(C(C)C)C(C)C)cccc1-3)c1c(OC(C(C)C)C(C)C)cccc21)C(C)C.[Zn+2]. The molecule has 0 saturated heterocycles. The number of ether oxygens (including phenoxy) is 4. The van der Waals surface area contributed by atoms with Gasteiger partial charge in [-0.25, -0.2) is 9.97 Å². The molecule has 7 aromatic rings. The summed E-state index contributed by atoms with van der Waals surface area (Å²) >= 11 is 0. The van der Waals surface area contributed by atoms with Crippen LogP contribution in [0.4, 0.5) is 0 Å². The van der Waals surface area contributed by atoms with Gasteiger partial charge in [-0.3, -0.25) is 0 Å². The second-order valence-electron chi connectivity index (χ2n) is 22.5. The summed E-state index contributed by atoms with van der Waals surface area (Å²) in [6.07, 6.45) is -0.338. The normalized spacial score (nSPS) is 12.7. The monoisotopic (exact) mass is 1030 g/mol. The molecule has 0 N–H and O–H groups in total. The molecule has 0 amide bonds. The molecule has 8 bridgehead atoms. The molecule has 2 aliphatic rings. The molecular formula is C60H72N8O4Zn. The maximum atomic E-state index is 7.01. The molecule has 13 heteroatoms. The molecule has 0 atom stereocenters. The maximum absolute atomic E-state index is 7.01. The predicted molar refractivity (Wildman–Crippen MR) is 290 cm³/mol. The first kappa shape index (κ1) is 53.4. The molecule has 378 valence electrons. The summed E-state index contributed by atoms with van der Waals surface area (Å²) in [4.78, 5) is 42.7. The van der Waals surface area contributed by atoms with Gasteiger partial charge in [-0.05, 0) is 82.4 Å². The molecule has 3 aromatic heterocycles. The van der Waals surface area contributed by atoms with Crippen molar-refractivity contribution >= 4 is 44.1 Å². The number of nitrogens with zero attached hydrogens (tertiary/aromatic N) is 8. The van der Waals surface area contributed by atoms with Crippen molar-refractivity contribution in [3.8, 4) is 68.5 Å². The van der Waals surface area contributed by atoms with E-state index >= 15 is 0 Å². The molecular weight excluding hydrogens is 962 g/mol. The molecule has 2 aliphatic heterocycles. The minimum atomic E-state index is -0.0890. The van der Waals surface area contributed by atoms with Crippen LogP contribution in [0.15, 0.2) is 72.8 Å². The molecule has 0 fully saturated rings. The number of fused-ring (bicyclic) bond motifs is 20. The van der Waals surface area contributed by atoms with Gasteiger partial charge in [0.25, 0.3) is 0 Å². The molecule has 0 spiro atoms. The minimum Gasteiger partial charge on any atom is -0.489 e. The van der Waals surface area contributed by atoms with Gasteiger partial charge in [-0.15, -0.1) is 0 Å².